The highest BCUT2D eigenvalue weighted by atomic mass is 32.2. The van der Waals surface area contributed by atoms with Crippen molar-refractivity contribution in [3.63, 3.8) is 0 Å². The quantitative estimate of drug-likeness (QED) is 0.766. The van der Waals surface area contributed by atoms with Crippen LogP contribution in [0.1, 0.15) is 18.5 Å². The molecule has 6 nitrogen and oxygen atoms in total. The van der Waals surface area contributed by atoms with Crippen molar-refractivity contribution in [2.45, 2.75) is 13.0 Å². The first-order valence-corrected chi connectivity index (χ1v) is 8.89. The van der Waals surface area contributed by atoms with Gasteiger partial charge in [-0.3, -0.25) is 4.79 Å². The van der Waals surface area contributed by atoms with E-state index in [2.05, 4.69) is 5.32 Å². The summed E-state index contributed by atoms with van der Waals surface area (Å²) in [6.07, 6.45) is 0. The monoisotopic (exact) mass is 328 g/mol. The van der Waals surface area contributed by atoms with Gasteiger partial charge < -0.3 is 15.0 Å². The predicted octanol–water partition coefficient (Wildman–Crippen LogP) is 0.849. The number of rotatable bonds is 8. The maximum absolute atomic E-state index is 11.8. The normalized spacial score (nSPS) is 13.0. The van der Waals surface area contributed by atoms with Crippen LogP contribution in [0.25, 0.3) is 0 Å². The van der Waals surface area contributed by atoms with Crippen molar-refractivity contribution in [2.75, 3.05) is 39.3 Å². The minimum absolute atomic E-state index is 0.0377. The Labute approximate surface area is 132 Å². The third-order valence-electron chi connectivity index (χ3n) is 3.40. The van der Waals surface area contributed by atoms with E-state index in [4.69, 9.17) is 4.74 Å². The fourth-order valence-corrected chi connectivity index (χ4v) is 2.78. The van der Waals surface area contributed by atoms with Gasteiger partial charge in [0.25, 0.3) is 0 Å². The van der Waals surface area contributed by atoms with E-state index in [-0.39, 0.29) is 11.8 Å². The number of likely N-dealkylation sites (N-methyl/N-ethyl adjacent to an activating group) is 1. The molecule has 1 aromatic carbocycles. The Bertz CT molecular complexity index is 599. The molecule has 1 N–H and O–H groups in total. The summed E-state index contributed by atoms with van der Waals surface area (Å²) in [7, 11) is 2.07. The van der Waals surface area contributed by atoms with Gasteiger partial charge in [-0.1, -0.05) is 25.1 Å². The molecule has 0 fully saturated rings. The van der Waals surface area contributed by atoms with E-state index in [1.807, 2.05) is 43.3 Å². The van der Waals surface area contributed by atoms with Gasteiger partial charge in [0.1, 0.15) is 11.5 Å². The molecule has 0 saturated heterocycles. The number of carbonyl (C=O) groups excluding carboxylic acids is 1. The Morgan fingerprint density at radius 2 is 1.95 bits per heavy atom. The molecule has 1 aromatic rings. The highest BCUT2D eigenvalue weighted by Gasteiger charge is 2.20. The first kappa shape index (κ1) is 18.4. The van der Waals surface area contributed by atoms with Crippen molar-refractivity contribution < 1.29 is 17.9 Å². The molecule has 0 radical (unpaired) electrons. The van der Waals surface area contributed by atoms with E-state index in [1.165, 1.54) is 6.92 Å². The fraction of sp³-hybridized carbons (Fsp3) is 0.533. The number of sulfone groups is 1. The average Bonchev–Trinajstić information content (AvgIpc) is 2.47. The van der Waals surface area contributed by atoms with E-state index < -0.39 is 21.5 Å². The largest absolute Gasteiger partial charge is 0.496 e. The fourth-order valence-electron chi connectivity index (χ4n) is 2.08. The zero-order chi connectivity index (χ0) is 16.8. The van der Waals surface area contributed by atoms with Gasteiger partial charge in [-0.2, -0.15) is 0 Å². The first-order chi connectivity index (χ1) is 10.3. The van der Waals surface area contributed by atoms with Crippen molar-refractivity contribution in [1.29, 1.82) is 0 Å². The number of nitrogens with one attached hydrogen (secondary N) is 1. The average molecular weight is 328 g/mol. The molecular formula is C15H24N2O4S. The van der Waals surface area contributed by atoms with E-state index in [0.717, 1.165) is 11.3 Å². The summed E-state index contributed by atoms with van der Waals surface area (Å²) in [4.78, 5) is 13.7. The maximum atomic E-state index is 11.8. The lowest BCUT2D eigenvalue weighted by Gasteiger charge is -2.26. The zero-order valence-electron chi connectivity index (χ0n) is 13.5. The Balaban J connectivity index is 2.80. The summed E-state index contributed by atoms with van der Waals surface area (Å²) in [6.45, 7) is 1.84. The van der Waals surface area contributed by atoms with Crippen LogP contribution < -0.4 is 10.1 Å². The van der Waals surface area contributed by atoms with Crippen LogP contribution >= 0.6 is 0 Å². The molecule has 1 amide bonds. The van der Waals surface area contributed by atoms with Gasteiger partial charge in [0.05, 0.1) is 13.2 Å². The topological polar surface area (TPSA) is 75.7 Å². The van der Waals surface area contributed by atoms with Gasteiger partial charge in [0, 0.05) is 17.9 Å². The van der Waals surface area contributed by atoms with Crippen molar-refractivity contribution in [3.05, 3.63) is 29.8 Å². The van der Waals surface area contributed by atoms with Crippen LogP contribution in [-0.2, 0) is 14.6 Å². The number of amides is 1. The molecule has 0 aliphatic heterocycles. The minimum Gasteiger partial charge on any atom is -0.496 e. The summed E-state index contributed by atoms with van der Waals surface area (Å²) in [5.74, 6) is -0.264. The van der Waals surface area contributed by atoms with E-state index in [0.29, 0.717) is 6.54 Å². The van der Waals surface area contributed by atoms with Crippen LogP contribution in [-0.4, -0.2) is 58.5 Å². The summed E-state index contributed by atoms with van der Waals surface area (Å²) < 4.78 is 28.3. The van der Waals surface area contributed by atoms with E-state index >= 15 is 0 Å². The van der Waals surface area contributed by atoms with Gasteiger partial charge >= 0.3 is 0 Å². The van der Waals surface area contributed by atoms with Crippen LogP contribution in [0, 0.1) is 0 Å². The molecule has 0 heterocycles. The lowest BCUT2D eigenvalue weighted by atomic mass is 10.0. The van der Waals surface area contributed by atoms with Crippen molar-refractivity contribution >= 4 is 15.7 Å². The Kier molecular flexibility index (Phi) is 6.83. The Morgan fingerprint density at radius 1 is 1.32 bits per heavy atom. The van der Waals surface area contributed by atoms with Gasteiger partial charge in [-0.25, -0.2) is 8.42 Å². The molecule has 124 valence electrons. The number of ether oxygens (including phenoxy) is 1. The number of hydrogen-bond acceptors (Lipinski definition) is 5. The molecular weight excluding hydrogens is 304 g/mol. The lowest BCUT2D eigenvalue weighted by molar-refractivity contribution is -0.118. The molecule has 0 aliphatic rings. The molecule has 22 heavy (non-hydrogen) atoms. The minimum atomic E-state index is -3.31. The van der Waals surface area contributed by atoms with E-state index in [1.54, 1.807) is 7.11 Å². The summed E-state index contributed by atoms with van der Waals surface area (Å²) in [5.41, 5.74) is 0.939. The van der Waals surface area contributed by atoms with Crippen LogP contribution in [0.2, 0.25) is 0 Å². The van der Waals surface area contributed by atoms with Crippen LogP contribution in [0.15, 0.2) is 24.3 Å². The molecule has 0 bridgehead atoms. The molecule has 1 rings (SSSR count). The summed E-state index contributed by atoms with van der Waals surface area (Å²) in [6, 6.07) is 7.46. The molecule has 0 saturated carbocycles. The number of nitrogens with zero attached hydrogens (tertiary/aromatic N) is 1. The molecule has 0 spiro atoms. The third kappa shape index (κ3) is 5.31. The second-order valence-corrected chi connectivity index (χ2v) is 7.56. The second kappa shape index (κ2) is 8.14. The molecule has 0 aromatic heterocycles. The zero-order valence-corrected chi connectivity index (χ0v) is 14.3. The molecule has 1 atom stereocenters. The number of methoxy groups -OCH3 is 1. The summed E-state index contributed by atoms with van der Waals surface area (Å²) in [5, 5.41) is 2.69. The smallest absolute Gasteiger partial charge is 0.235 e. The van der Waals surface area contributed by atoms with Gasteiger partial charge in [0.2, 0.25) is 5.91 Å². The van der Waals surface area contributed by atoms with Gasteiger partial charge in [0.15, 0.2) is 9.84 Å². The SMILES string of the molecule is CCS(=O)(=O)CC(=O)NCC(c1ccccc1OC)N(C)C. The van der Waals surface area contributed by atoms with Crippen LogP contribution in [0.4, 0.5) is 0 Å². The highest BCUT2D eigenvalue weighted by molar-refractivity contribution is 7.92. The standard InChI is InChI=1S/C15H24N2O4S/c1-5-22(19,20)11-15(18)16-10-13(17(2)3)12-8-6-7-9-14(12)21-4/h6-9,13H,5,10-11H2,1-4H3,(H,16,18). The van der Waals surface area contributed by atoms with Crippen LogP contribution in [0.3, 0.4) is 0 Å². The number of para-hydroxylation sites is 1. The first-order valence-electron chi connectivity index (χ1n) is 7.07. The predicted molar refractivity (Wildman–Crippen MR) is 86.8 cm³/mol. The van der Waals surface area contributed by atoms with E-state index in [9.17, 15) is 13.2 Å². The van der Waals surface area contributed by atoms with Gasteiger partial charge in [-0.15, -0.1) is 0 Å². The molecule has 7 heteroatoms. The van der Waals surface area contributed by atoms with Crippen molar-refractivity contribution in [3.8, 4) is 5.75 Å². The summed E-state index contributed by atoms with van der Waals surface area (Å²) >= 11 is 0. The molecule has 0 aliphatic carbocycles. The Morgan fingerprint density at radius 3 is 2.50 bits per heavy atom. The Hall–Kier alpha value is -1.60. The number of hydrogen-bond donors (Lipinski definition) is 1. The van der Waals surface area contributed by atoms with Crippen molar-refractivity contribution in [1.82, 2.24) is 10.2 Å². The maximum Gasteiger partial charge on any atom is 0.235 e. The van der Waals surface area contributed by atoms with Gasteiger partial charge in [-0.05, 0) is 20.2 Å². The molecule has 1 unspecified atom stereocenters. The van der Waals surface area contributed by atoms with Crippen molar-refractivity contribution in [2.24, 2.45) is 0 Å². The third-order valence-corrected chi connectivity index (χ3v) is 4.99. The number of benzene rings is 1. The highest BCUT2D eigenvalue weighted by Crippen LogP contribution is 2.27. The lowest BCUT2D eigenvalue weighted by Crippen LogP contribution is -2.37. The number of carbonyl (C=O) groups is 1. The van der Waals surface area contributed by atoms with Crippen LogP contribution in [0.5, 0.6) is 5.75 Å². The second-order valence-electron chi connectivity index (χ2n) is 5.20.